The van der Waals surface area contributed by atoms with E-state index >= 15 is 0 Å². The van der Waals surface area contributed by atoms with Gasteiger partial charge in [-0.3, -0.25) is 0 Å². The van der Waals surface area contributed by atoms with Gasteiger partial charge in [-0.05, 0) is 38.1 Å². The predicted octanol–water partition coefficient (Wildman–Crippen LogP) is 4.52. The van der Waals surface area contributed by atoms with E-state index in [1.54, 1.807) is 12.1 Å². The Morgan fingerprint density at radius 2 is 1.91 bits per heavy atom. The number of nitrogens with zero attached hydrogens (tertiary/aromatic N) is 1. The van der Waals surface area contributed by atoms with Gasteiger partial charge in [0.25, 0.3) is 0 Å². The first-order valence-corrected chi connectivity index (χ1v) is 7.33. The van der Waals surface area contributed by atoms with Gasteiger partial charge < -0.3 is 15.0 Å². The van der Waals surface area contributed by atoms with Gasteiger partial charge in [0.1, 0.15) is 18.2 Å². The second-order valence-corrected chi connectivity index (χ2v) is 5.63. The summed E-state index contributed by atoms with van der Waals surface area (Å²) < 4.78 is 21.1. The Labute approximate surface area is 129 Å². The highest BCUT2D eigenvalue weighted by Gasteiger charge is 2.14. The molecule has 1 heterocycles. The van der Waals surface area contributed by atoms with Crippen LogP contribution < -0.4 is 10.5 Å². The Kier molecular flexibility index (Phi) is 3.75. The van der Waals surface area contributed by atoms with Gasteiger partial charge in [-0.2, -0.15) is 0 Å². The lowest BCUT2D eigenvalue weighted by Crippen LogP contribution is -2.09. The first-order valence-electron chi connectivity index (χ1n) is 7.33. The maximum absolute atomic E-state index is 13.2. The Bertz CT molecular complexity index is 808. The second kappa shape index (κ2) is 5.72. The molecule has 2 N–H and O–H groups in total. The standard InChI is InChI=1S/C18H19FN2O/c1-12(2)21-15(9-13-5-3-8-17(20)18(13)21)11-22-16-7-4-6-14(19)10-16/h3-10,12H,11,20H2,1-2H3. The summed E-state index contributed by atoms with van der Waals surface area (Å²) in [6.45, 7) is 4.59. The molecule has 0 saturated heterocycles. The lowest BCUT2D eigenvalue weighted by molar-refractivity contribution is 0.291. The SMILES string of the molecule is CC(C)n1c(COc2cccc(F)c2)cc2cccc(N)c21. The highest BCUT2D eigenvalue weighted by Crippen LogP contribution is 2.29. The number of ether oxygens (including phenoxy) is 1. The first-order chi connectivity index (χ1) is 10.6. The molecule has 0 spiro atoms. The lowest BCUT2D eigenvalue weighted by Gasteiger charge is -2.16. The summed E-state index contributed by atoms with van der Waals surface area (Å²) in [4.78, 5) is 0. The molecule has 3 rings (SSSR count). The molecule has 0 bridgehead atoms. The maximum atomic E-state index is 13.2. The molecule has 0 aliphatic carbocycles. The number of nitrogens with two attached hydrogens (primary N) is 1. The summed E-state index contributed by atoms with van der Waals surface area (Å²) in [7, 11) is 0. The number of benzene rings is 2. The largest absolute Gasteiger partial charge is 0.487 e. The van der Waals surface area contributed by atoms with E-state index in [0.29, 0.717) is 12.4 Å². The van der Waals surface area contributed by atoms with Crippen LogP contribution in [0, 0.1) is 5.82 Å². The fourth-order valence-electron chi connectivity index (χ4n) is 2.78. The van der Waals surface area contributed by atoms with Crippen molar-refractivity contribution in [2.45, 2.75) is 26.5 Å². The summed E-state index contributed by atoms with van der Waals surface area (Å²) in [6.07, 6.45) is 0. The van der Waals surface area contributed by atoms with E-state index in [9.17, 15) is 4.39 Å². The molecule has 0 unspecified atom stereocenters. The molecule has 0 atom stereocenters. The highest BCUT2D eigenvalue weighted by molar-refractivity contribution is 5.91. The van der Waals surface area contributed by atoms with Gasteiger partial charge in [0, 0.05) is 17.5 Å². The third-order valence-corrected chi connectivity index (χ3v) is 3.67. The first kappa shape index (κ1) is 14.4. The molecular formula is C18H19FN2O. The molecule has 0 radical (unpaired) electrons. The highest BCUT2D eigenvalue weighted by atomic mass is 19.1. The van der Waals surface area contributed by atoms with E-state index in [4.69, 9.17) is 10.5 Å². The number of aromatic nitrogens is 1. The number of halogens is 1. The molecule has 0 amide bonds. The van der Waals surface area contributed by atoms with Crippen molar-refractivity contribution in [1.29, 1.82) is 0 Å². The van der Waals surface area contributed by atoms with Crippen LogP contribution >= 0.6 is 0 Å². The Morgan fingerprint density at radius 3 is 2.64 bits per heavy atom. The van der Waals surface area contributed by atoms with Crippen molar-refractivity contribution in [3.63, 3.8) is 0 Å². The zero-order valence-corrected chi connectivity index (χ0v) is 12.7. The smallest absolute Gasteiger partial charge is 0.128 e. The minimum Gasteiger partial charge on any atom is -0.487 e. The molecular weight excluding hydrogens is 279 g/mol. The summed E-state index contributed by atoms with van der Waals surface area (Å²) in [5.41, 5.74) is 8.92. The van der Waals surface area contributed by atoms with Crippen molar-refractivity contribution in [3.8, 4) is 5.75 Å². The van der Waals surface area contributed by atoms with Crippen LogP contribution in [0.3, 0.4) is 0 Å². The van der Waals surface area contributed by atoms with Crippen molar-refractivity contribution < 1.29 is 9.13 Å². The third-order valence-electron chi connectivity index (χ3n) is 3.67. The zero-order valence-electron chi connectivity index (χ0n) is 12.7. The van der Waals surface area contributed by atoms with Gasteiger partial charge in [-0.25, -0.2) is 4.39 Å². The zero-order chi connectivity index (χ0) is 15.7. The number of rotatable bonds is 4. The van der Waals surface area contributed by atoms with Crippen LogP contribution in [0.15, 0.2) is 48.5 Å². The van der Waals surface area contributed by atoms with E-state index in [-0.39, 0.29) is 11.9 Å². The average molecular weight is 298 g/mol. The van der Waals surface area contributed by atoms with Crippen molar-refractivity contribution in [3.05, 3.63) is 60.0 Å². The molecule has 0 saturated carbocycles. The van der Waals surface area contributed by atoms with Crippen LogP contribution in [0.2, 0.25) is 0 Å². The van der Waals surface area contributed by atoms with Crippen LogP contribution in [0.25, 0.3) is 10.9 Å². The fraction of sp³-hybridized carbons (Fsp3) is 0.222. The van der Waals surface area contributed by atoms with Crippen LogP contribution in [-0.4, -0.2) is 4.57 Å². The molecule has 3 nitrogen and oxygen atoms in total. The number of anilines is 1. The molecule has 4 heteroatoms. The number of hydrogen-bond acceptors (Lipinski definition) is 2. The predicted molar refractivity (Wildman–Crippen MR) is 87.5 cm³/mol. The monoisotopic (exact) mass is 298 g/mol. The molecule has 1 aromatic heterocycles. The van der Waals surface area contributed by atoms with Gasteiger partial charge in [-0.15, -0.1) is 0 Å². The molecule has 2 aromatic carbocycles. The summed E-state index contributed by atoms with van der Waals surface area (Å²) in [5.74, 6) is 0.222. The van der Waals surface area contributed by atoms with Crippen molar-refractivity contribution in [2.75, 3.05) is 5.73 Å². The Hall–Kier alpha value is -2.49. The van der Waals surface area contributed by atoms with Crippen molar-refractivity contribution >= 4 is 16.6 Å². The number of para-hydroxylation sites is 1. The van der Waals surface area contributed by atoms with Crippen molar-refractivity contribution in [1.82, 2.24) is 4.57 Å². The Balaban J connectivity index is 1.96. The fourth-order valence-corrected chi connectivity index (χ4v) is 2.78. The van der Waals surface area contributed by atoms with Gasteiger partial charge in [0.05, 0.1) is 16.9 Å². The molecule has 0 aliphatic heterocycles. The number of nitrogen functional groups attached to an aromatic ring is 1. The molecule has 22 heavy (non-hydrogen) atoms. The van der Waals surface area contributed by atoms with Crippen LogP contribution in [-0.2, 0) is 6.61 Å². The van der Waals surface area contributed by atoms with E-state index in [2.05, 4.69) is 24.5 Å². The normalized spacial score (nSPS) is 11.3. The summed E-state index contributed by atoms with van der Waals surface area (Å²) >= 11 is 0. The quantitative estimate of drug-likeness (QED) is 0.719. The third kappa shape index (κ3) is 2.64. The maximum Gasteiger partial charge on any atom is 0.128 e. The molecule has 3 aromatic rings. The van der Waals surface area contributed by atoms with E-state index < -0.39 is 0 Å². The molecule has 0 fully saturated rings. The van der Waals surface area contributed by atoms with Gasteiger partial charge in [0.15, 0.2) is 0 Å². The lowest BCUT2D eigenvalue weighted by atomic mass is 10.2. The van der Waals surface area contributed by atoms with Crippen LogP contribution in [0.1, 0.15) is 25.6 Å². The van der Waals surface area contributed by atoms with E-state index in [1.165, 1.54) is 12.1 Å². The van der Waals surface area contributed by atoms with Crippen molar-refractivity contribution in [2.24, 2.45) is 0 Å². The Morgan fingerprint density at radius 1 is 1.14 bits per heavy atom. The average Bonchev–Trinajstić information content (AvgIpc) is 2.85. The second-order valence-electron chi connectivity index (χ2n) is 5.63. The van der Waals surface area contributed by atoms with Gasteiger partial charge in [0.2, 0.25) is 0 Å². The number of hydrogen-bond donors (Lipinski definition) is 1. The minimum atomic E-state index is -0.300. The number of fused-ring (bicyclic) bond motifs is 1. The minimum absolute atomic E-state index is 0.258. The summed E-state index contributed by atoms with van der Waals surface area (Å²) in [5, 5.41) is 1.09. The van der Waals surface area contributed by atoms with Gasteiger partial charge in [-0.1, -0.05) is 18.2 Å². The van der Waals surface area contributed by atoms with Crippen LogP contribution in [0.5, 0.6) is 5.75 Å². The van der Waals surface area contributed by atoms with Crippen LogP contribution in [0.4, 0.5) is 10.1 Å². The molecule has 114 valence electrons. The van der Waals surface area contributed by atoms with E-state index in [1.807, 2.05) is 18.2 Å². The van der Waals surface area contributed by atoms with Gasteiger partial charge >= 0.3 is 0 Å². The van der Waals surface area contributed by atoms with E-state index in [0.717, 1.165) is 22.3 Å². The summed E-state index contributed by atoms with van der Waals surface area (Å²) in [6, 6.07) is 14.4. The molecule has 0 aliphatic rings. The topological polar surface area (TPSA) is 40.2 Å².